The Morgan fingerprint density at radius 3 is 2.11 bits per heavy atom. The summed E-state index contributed by atoms with van der Waals surface area (Å²) in [6, 6.07) is 8.42. The molecule has 1 radical (unpaired) electrons. The van der Waals surface area contributed by atoms with Gasteiger partial charge in [-0.2, -0.15) is 0 Å². The van der Waals surface area contributed by atoms with Crippen LogP contribution in [0.3, 0.4) is 0 Å². The first-order valence-corrected chi connectivity index (χ1v) is 4.84. The van der Waals surface area contributed by atoms with Crippen LogP contribution in [0, 0.1) is 8.00 Å². The van der Waals surface area contributed by atoms with Crippen molar-refractivity contribution >= 4 is 45.2 Å². The molecule has 0 aliphatic carbocycles. The zero-order valence-corrected chi connectivity index (χ0v) is 8.96. The molecule has 0 aliphatic rings. The topological polar surface area (TPSA) is 0 Å². The van der Waals surface area contributed by atoms with E-state index in [1.165, 1.54) is 9.13 Å². The van der Waals surface area contributed by atoms with Crippen LogP contribution in [-0.4, -0.2) is 0 Å². The normalized spacial score (nSPS) is 9.56. The van der Waals surface area contributed by atoms with Crippen molar-refractivity contribution in [1.82, 2.24) is 0 Å². The molecule has 0 aromatic heterocycles. The summed E-state index contributed by atoms with van der Waals surface area (Å²) in [7, 11) is 0. The first-order chi connectivity index (χ1) is 4.33. The van der Waals surface area contributed by atoms with Gasteiger partial charge in [-0.1, -0.05) is 34.7 Å². The van der Waals surface area contributed by atoms with Crippen LogP contribution < -0.4 is 0 Å². The fourth-order valence-corrected chi connectivity index (χ4v) is 1.31. The lowest BCUT2D eigenvalue weighted by Crippen LogP contribution is -1.73. The molecule has 0 unspecified atom stereocenters. The molecule has 2 heteroatoms. The van der Waals surface area contributed by atoms with E-state index in [2.05, 4.69) is 73.9 Å². The molecule has 0 spiro atoms. The fraction of sp³-hybridized carbons (Fsp3) is 0. The van der Waals surface area contributed by atoms with Crippen molar-refractivity contribution in [2.24, 2.45) is 0 Å². The molecule has 1 rings (SSSR count). The van der Waals surface area contributed by atoms with Gasteiger partial charge in [0.15, 0.2) is 0 Å². The third-order valence-electron chi connectivity index (χ3n) is 0.996. The maximum Gasteiger partial charge on any atom is 0.0518 e. The quantitative estimate of drug-likeness (QED) is 0.687. The summed E-state index contributed by atoms with van der Waals surface area (Å²) >= 11 is 4.53. The highest BCUT2D eigenvalue weighted by Gasteiger charge is 1.87. The Kier molecular flexibility index (Phi) is 3.25. The Morgan fingerprint density at radius 2 is 1.67 bits per heavy atom. The summed E-state index contributed by atoms with van der Waals surface area (Å²) in [5.74, 6) is 0. The van der Waals surface area contributed by atoms with Crippen LogP contribution in [0.4, 0.5) is 0 Å². The Hall–Kier alpha value is 0.680. The van der Waals surface area contributed by atoms with Crippen molar-refractivity contribution in [1.29, 1.82) is 0 Å². The number of hydrogen-bond acceptors (Lipinski definition) is 0. The minimum atomic E-state index is 1.27. The third kappa shape index (κ3) is 2.41. The molecule has 47 valence electrons. The van der Waals surface area contributed by atoms with E-state index in [0.717, 1.165) is 0 Å². The van der Waals surface area contributed by atoms with Crippen LogP contribution >= 0.6 is 45.2 Å². The summed E-state index contributed by atoms with van der Waals surface area (Å²) in [5, 5.41) is 0. The molecule has 0 bridgehead atoms. The van der Waals surface area contributed by atoms with Crippen LogP contribution in [0.5, 0.6) is 0 Å². The van der Waals surface area contributed by atoms with E-state index < -0.39 is 0 Å². The van der Waals surface area contributed by atoms with Gasteiger partial charge in [0, 0.05) is 3.57 Å². The number of hydrogen-bond donors (Lipinski definition) is 0. The molecule has 0 atom stereocenters. The molecule has 0 saturated carbocycles. The molecule has 0 amide bonds. The second-order valence-electron chi connectivity index (χ2n) is 1.66. The zero-order valence-electron chi connectivity index (χ0n) is 4.64. The predicted octanol–water partition coefficient (Wildman–Crippen LogP) is 3.24. The molecular weight excluding hydrogens is 338 g/mol. The minimum Gasteiger partial charge on any atom is -0.0759 e. The van der Waals surface area contributed by atoms with E-state index in [4.69, 9.17) is 0 Å². The summed E-state index contributed by atoms with van der Waals surface area (Å²) in [4.78, 5) is 0. The molecule has 1 aromatic rings. The lowest BCUT2D eigenvalue weighted by atomic mass is 10.2. The van der Waals surface area contributed by atoms with Gasteiger partial charge in [0.05, 0.1) is 4.43 Å². The van der Waals surface area contributed by atoms with E-state index in [1.807, 2.05) is 0 Å². The molecule has 0 heterocycles. The highest BCUT2D eigenvalue weighted by Crippen LogP contribution is 2.10. The Balaban J connectivity index is 2.88. The number of rotatable bonds is 1. The molecule has 9 heavy (non-hydrogen) atoms. The summed E-state index contributed by atoms with van der Waals surface area (Å²) in [6.45, 7) is 0. The van der Waals surface area contributed by atoms with Crippen LogP contribution in [0.15, 0.2) is 24.3 Å². The van der Waals surface area contributed by atoms with Crippen molar-refractivity contribution in [3.05, 3.63) is 37.8 Å². The molecule has 1 aromatic carbocycles. The van der Waals surface area contributed by atoms with Gasteiger partial charge in [0.1, 0.15) is 0 Å². The van der Waals surface area contributed by atoms with E-state index in [0.29, 0.717) is 0 Å². The lowest BCUT2D eigenvalue weighted by Gasteiger charge is -1.92. The number of halogens is 2. The smallest absolute Gasteiger partial charge is 0.0518 e. The van der Waals surface area contributed by atoms with Gasteiger partial charge in [-0.15, -0.1) is 0 Å². The van der Waals surface area contributed by atoms with Gasteiger partial charge in [-0.25, -0.2) is 0 Å². The van der Waals surface area contributed by atoms with Crippen molar-refractivity contribution in [2.45, 2.75) is 0 Å². The monoisotopic (exact) mass is 343 g/mol. The van der Waals surface area contributed by atoms with Crippen molar-refractivity contribution in [3.63, 3.8) is 0 Å². The maximum absolute atomic E-state index is 2.30. The van der Waals surface area contributed by atoms with Gasteiger partial charge in [-0.05, 0) is 40.3 Å². The zero-order chi connectivity index (χ0) is 6.69. The van der Waals surface area contributed by atoms with Crippen molar-refractivity contribution < 1.29 is 0 Å². The molecular formula is C7H5I2. The minimum absolute atomic E-state index is 1.27. The van der Waals surface area contributed by atoms with Crippen molar-refractivity contribution in [2.75, 3.05) is 0 Å². The fourth-order valence-electron chi connectivity index (χ4n) is 0.536. The van der Waals surface area contributed by atoms with E-state index in [-0.39, 0.29) is 0 Å². The van der Waals surface area contributed by atoms with Crippen LogP contribution in [0.25, 0.3) is 0 Å². The van der Waals surface area contributed by atoms with E-state index >= 15 is 0 Å². The van der Waals surface area contributed by atoms with Gasteiger partial charge in [0.25, 0.3) is 0 Å². The van der Waals surface area contributed by atoms with Gasteiger partial charge in [-0.3, -0.25) is 0 Å². The first kappa shape index (κ1) is 7.78. The highest BCUT2D eigenvalue weighted by atomic mass is 127. The highest BCUT2D eigenvalue weighted by molar-refractivity contribution is 14.1. The summed E-state index contributed by atoms with van der Waals surface area (Å²) in [5.41, 5.74) is 1.27. The van der Waals surface area contributed by atoms with Gasteiger partial charge < -0.3 is 0 Å². The second-order valence-corrected chi connectivity index (χ2v) is 3.53. The molecule has 0 nitrogen and oxygen atoms in total. The Labute approximate surface area is 82.3 Å². The second kappa shape index (κ2) is 3.75. The van der Waals surface area contributed by atoms with Crippen molar-refractivity contribution in [3.8, 4) is 0 Å². The first-order valence-electron chi connectivity index (χ1n) is 2.52. The lowest BCUT2D eigenvalue weighted by molar-refractivity contribution is 1.57. The van der Waals surface area contributed by atoms with Crippen LogP contribution in [0.1, 0.15) is 5.56 Å². The van der Waals surface area contributed by atoms with Gasteiger partial charge in [0.2, 0.25) is 0 Å². The van der Waals surface area contributed by atoms with Gasteiger partial charge >= 0.3 is 0 Å². The average Bonchev–Trinajstić information content (AvgIpc) is 1.90. The number of benzene rings is 1. The molecule has 0 fully saturated rings. The van der Waals surface area contributed by atoms with Crippen LogP contribution in [-0.2, 0) is 0 Å². The average molecular weight is 343 g/mol. The largest absolute Gasteiger partial charge is 0.0759 e. The maximum atomic E-state index is 2.30. The Bertz CT molecular complexity index is 179. The Morgan fingerprint density at radius 1 is 1.11 bits per heavy atom. The summed E-state index contributed by atoms with van der Waals surface area (Å²) in [6.07, 6.45) is 0. The van der Waals surface area contributed by atoms with E-state index in [1.54, 1.807) is 0 Å². The third-order valence-corrected chi connectivity index (χ3v) is 2.43. The van der Waals surface area contributed by atoms with E-state index in [9.17, 15) is 0 Å². The van der Waals surface area contributed by atoms with Crippen LogP contribution in [0.2, 0.25) is 0 Å². The molecule has 0 aliphatic heterocycles. The molecule has 0 N–H and O–H groups in total. The SMILES string of the molecule is I[CH]c1ccc(I)cc1. The standard InChI is InChI=1S/C7H5I2/c8-5-6-1-3-7(9)4-2-6/h1-5H. The summed E-state index contributed by atoms with van der Waals surface area (Å²) < 4.78 is 3.35. The predicted molar refractivity (Wildman–Crippen MR) is 56.6 cm³/mol. The molecule has 0 saturated heterocycles.